The molecular formula is C14H17BrN2S. The zero-order valence-corrected chi connectivity index (χ0v) is 13.0. The van der Waals surface area contributed by atoms with E-state index in [9.17, 15) is 0 Å². The summed E-state index contributed by atoms with van der Waals surface area (Å²) in [5.41, 5.74) is 2.55. The van der Waals surface area contributed by atoms with Crippen LogP contribution in [0.4, 0.5) is 0 Å². The number of halogens is 1. The van der Waals surface area contributed by atoms with Gasteiger partial charge < -0.3 is 5.32 Å². The molecule has 0 bridgehead atoms. The zero-order chi connectivity index (χ0) is 13.0. The first-order valence-corrected chi connectivity index (χ1v) is 7.77. The van der Waals surface area contributed by atoms with Crippen LogP contribution in [0, 0.1) is 6.92 Å². The van der Waals surface area contributed by atoms with Gasteiger partial charge >= 0.3 is 0 Å². The van der Waals surface area contributed by atoms with E-state index in [4.69, 9.17) is 0 Å². The molecule has 0 aliphatic rings. The molecule has 1 atom stereocenters. The van der Waals surface area contributed by atoms with Crippen LogP contribution in [0.15, 0.2) is 34.4 Å². The second-order valence-corrected chi connectivity index (χ2v) is 6.15. The molecule has 0 fully saturated rings. The first-order chi connectivity index (χ1) is 8.72. The number of aromatic nitrogens is 1. The van der Waals surface area contributed by atoms with Crippen molar-refractivity contribution in [3.8, 4) is 0 Å². The average Bonchev–Trinajstić information content (AvgIpc) is 2.77. The van der Waals surface area contributed by atoms with Crippen LogP contribution in [0.1, 0.15) is 35.4 Å². The SMILES string of the molecule is CCCNC(c1cncc(Br)c1)c1sccc1C. The van der Waals surface area contributed by atoms with Gasteiger partial charge in [-0.2, -0.15) is 0 Å². The summed E-state index contributed by atoms with van der Waals surface area (Å²) in [6.45, 7) is 5.36. The number of nitrogens with zero attached hydrogens (tertiary/aromatic N) is 1. The Kier molecular flexibility index (Phi) is 4.92. The zero-order valence-electron chi connectivity index (χ0n) is 10.6. The minimum Gasteiger partial charge on any atom is -0.306 e. The maximum absolute atomic E-state index is 4.27. The molecule has 0 radical (unpaired) electrons. The third-order valence-corrected chi connectivity index (χ3v) is 4.34. The van der Waals surface area contributed by atoms with Gasteiger partial charge in [0.05, 0.1) is 6.04 Å². The predicted octanol–water partition coefficient (Wildman–Crippen LogP) is 4.30. The minimum absolute atomic E-state index is 0.245. The number of nitrogens with one attached hydrogen (secondary N) is 1. The summed E-state index contributed by atoms with van der Waals surface area (Å²) in [7, 11) is 0. The van der Waals surface area contributed by atoms with Crippen LogP contribution in [0.2, 0.25) is 0 Å². The molecule has 2 nitrogen and oxygen atoms in total. The first-order valence-electron chi connectivity index (χ1n) is 6.10. The van der Waals surface area contributed by atoms with E-state index in [-0.39, 0.29) is 6.04 Å². The van der Waals surface area contributed by atoms with Crippen LogP contribution < -0.4 is 5.32 Å². The van der Waals surface area contributed by atoms with Gasteiger partial charge in [0.25, 0.3) is 0 Å². The van der Waals surface area contributed by atoms with Gasteiger partial charge in [-0.1, -0.05) is 6.92 Å². The molecule has 0 spiro atoms. The molecule has 2 rings (SSSR count). The smallest absolute Gasteiger partial charge is 0.0689 e. The van der Waals surface area contributed by atoms with Crippen molar-refractivity contribution < 1.29 is 0 Å². The molecule has 1 N–H and O–H groups in total. The van der Waals surface area contributed by atoms with E-state index in [0.717, 1.165) is 17.4 Å². The van der Waals surface area contributed by atoms with E-state index in [2.05, 4.69) is 57.6 Å². The van der Waals surface area contributed by atoms with Crippen LogP contribution in [-0.4, -0.2) is 11.5 Å². The molecule has 4 heteroatoms. The standard InChI is InChI=1S/C14H17BrN2S/c1-3-5-17-13(14-10(2)4-6-18-14)11-7-12(15)9-16-8-11/h4,6-9,13,17H,3,5H2,1-2H3. The van der Waals surface area contributed by atoms with E-state index in [1.54, 1.807) is 11.3 Å². The minimum atomic E-state index is 0.245. The Morgan fingerprint density at radius 1 is 1.44 bits per heavy atom. The monoisotopic (exact) mass is 324 g/mol. The van der Waals surface area contributed by atoms with Crippen LogP contribution >= 0.6 is 27.3 Å². The number of pyridine rings is 1. The molecule has 96 valence electrons. The lowest BCUT2D eigenvalue weighted by molar-refractivity contribution is 0.602. The number of hydrogen-bond acceptors (Lipinski definition) is 3. The number of rotatable bonds is 5. The topological polar surface area (TPSA) is 24.9 Å². The lowest BCUT2D eigenvalue weighted by Gasteiger charge is -2.18. The van der Waals surface area contributed by atoms with Gasteiger partial charge in [-0.25, -0.2) is 0 Å². The quantitative estimate of drug-likeness (QED) is 0.886. The van der Waals surface area contributed by atoms with Crippen molar-refractivity contribution in [2.45, 2.75) is 26.3 Å². The van der Waals surface area contributed by atoms with Crippen molar-refractivity contribution in [3.05, 3.63) is 50.4 Å². The summed E-state index contributed by atoms with van der Waals surface area (Å²) in [4.78, 5) is 5.65. The Morgan fingerprint density at radius 3 is 2.89 bits per heavy atom. The molecule has 0 aliphatic heterocycles. The van der Waals surface area contributed by atoms with Gasteiger partial charge in [0.1, 0.15) is 0 Å². The molecule has 0 aromatic carbocycles. The summed E-state index contributed by atoms with van der Waals surface area (Å²) < 4.78 is 1.03. The molecular weight excluding hydrogens is 308 g/mol. The third kappa shape index (κ3) is 3.19. The fraction of sp³-hybridized carbons (Fsp3) is 0.357. The van der Waals surface area contributed by atoms with Crippen molar-refractivity contribution in [1.29, 1.82) is 0 Å². The van der Waals surface area contributed by atoms with E-state index in [0.29, 0.717) is 0 Å². The summed E-state index contributed by atoms with van der Waals surface area (Å²) >= 11 is 5.30. The van der Waals surface area contributed by atoms with E-state index in [1.807, 2.05) is 12.4 Å². The van der Waals surface area contributed by atoms with Crippen molar-refractivity contribution in [3.63, 3.8) is 0 Å². The fourth-order valence-corrected chi connectivity index (χ4v) is 3.33. The van der Waals surface area contributed by atoms with E-state index in [1.165, 1.54) is 16.0 Å². The van der Waals surface area contributed by atoms with Crippen LogP contribution in [0.5, 0.6) is 0 Å². The largest absolute Gasteiger partial charge is 0.306 e. The predicted molar refractivity (Wildman–Crippen MR) is 81.1 cm³/mol. The highest BCUT2D eigenvalue weighted by molar-refractivity contribution is 9.10. The van der Waals surface area contributed by atoms with E-state index < -0.39 is 0 Å². The third-order valence-electron chi connectivity index (χ3n) is 2.82. The Labute approximate surface area is 121 Å². The molecule has 1 unspecified atom stereocenters. The number of thiophene rings is 1. The Morgan fingerprint density at radius 2 is 2.28 bits per heavy atom. The van der Waals surface area contributed by atoms with Crippen molar-refractivity contribution in [1.82, 2.24) is 10.3 Å². The maximum Gasteiger partial charge on any atom is 0.0689 e. The fourth-order valence-electron chi connectivity index (χ4n) is 1.92. The Balaban J connectivity index is 2.33. The van der Waals surface area contributed by atoms with Gasteiger partial charge in [0, 0.05) is 21.7 Å². The van der Waals surface area contributed by atoms with Crippen LogP contribution in [0.3, 0.4) is 0 Å². The van der Waals surface area contributed by atoms with Crippen molar-refractivity contribution >= 4 is 27.3 Å². The Hall–Kier alpha value is -0.710. The lowest BCUT2D eigenvalue weighted by Crippen LogP contribution is -2.23. The second-order valence-electron chi connectivity index (χ2n) is 4.29. The van der Waals surface area contributed by atoms with Crippen molar-refractivity contribution in [2.75, 3.05) is 6.54 Å². The number of aryl methyl sites for hydroxylation is 1. The van der Waals surface area contributed by atoms with Gasteiger partial charge in [-0.05, 0) is 64.5 Å². The first kappa shape index (κ1) is 13.7. The van der Waals surface area contributed by atoms with Gasteiger partial charge in [0.15, 0.2) is 0 Å². The average molecular weight is 325 g/mol. The second kappa shape index (κ2) is 6.45. The summed E-state index contributed by atoms with van der Waals surface area (Å²) in [6.07, 6.45) is 4.89. The molecule has 2 aromatic heterocycles. The summed E-state index contributed by atoms with van der Waals surface area (Å²) in [6, 6.07) is 4.56. The molecule has 0 amide bonds. The maximum atomic E-state index is 4.27. The van der Waals surface area contributed by atoms with Crippen LogP contribution in [0.25, 0.3) is 0 Å². The lowest BCUT2D eigenvalue weighted by atomic mass is 10.0. The molecule has 0 saturated heterocycles. The normalized spacial score (nSPS) is 12.6. The molecule has 2 aromatic rings. The van der Waals surface area contributed by atoms with E-state index >= 15 is 0 Å². The Bertz CT molecular complexity index is 510. The molecule has 0 aliphatic carbocycles. The highest BCUT2D eigenvalue weighted by Crippen LogP contribution is 2.30. The highest BCUT2D eigenvalue weighted by atomic mass is 79.9. The summed E-state index contributed by atoms with van der Waals surface area (Å²) in [5, 5.41) is 5.76. The molecule has 18 heavy (non-hydrogen) atoms. The van der Waals surface area contributed by atoms with Gasteiger partial charge in [-0.15, -0.1) is 11.3 Å². The highest BCUT2D eigenvalue weighted by Gasteiger charge is 2.17. The molecule has 2 heterocycles. The van der Waals surface area contributed by atoms with Gasteiger partial charge in [-0.3, -0.25) is 4.98 Å². The van der Waals surface area contributed by atoms with Crippen molar-refractivity contribution in [2.24, 2.45) is 0 Å². The summed E-state index contributed by atoms with van der Waals surface area (Å²) in [5.74, 6) is 0. The van der Waals surface area contributed by atoms with Crippen LogP contribution in [-0.2, 0) is 0 Å². The molecule has 0 saturated carbocycles. The number of hydrogen-bond donors (Lipinski definition) is 1. The van der Waals surface area contributed by atoms with Gasteiger partial charge in [0.2, 0.25) is 0 Å².